The third kappa shape index (κ3) is 10.5. The van der Waals surface area contributed by atoms with Crippen molar-refractivity contribution in [1.82, 2.24) is 0 Å². The monoisotopic (exact) mass is 403 g/mol. The van der Waals surface area contributed by atoms with E-state index < -0.39 is 0 Å². The average molecular weight is 404 g/mol. The van der Waals surface area contributed by atoms with Gasteiger partial charge in [0.1, 0.15) is 5.75 Å². The maximum Gasteiger partial charge on any atom is 0.126 e. The van der Waals surface area contributed by atoms with Crippen LogP contribution in [0.4, 0.5) is 0 Å². The molecule has 1 heterocycles. The van der Waals surface area contributed by atoms with Crippen molar-refractivity contribution in [1.29, 1.82) is 0 Å². The molecular weight excluding hydrogens is 358 g/mol. The molecular formula is C26H45NO2. The van der Waals surface area contributed by atoms with Crippen molar-refractivity contribution in [3.63, 3.8) is 0 Å². The largest absolute Gasteiger partial charge is 0.490 e. The van der Waals surface area contributed by atoms with Crippen molar-refractivity contribution < 1.29 is 9.84 Å². The summed E-state index contributed by atoms with van der Waals surface area (Å²) in [5.74, 6) is 1.15. The first-order valence-electron chi connectivity index (χ1n) is 10.9. The summed E-state index contributed by atoms with van der Waals surface area (Å²) in [4.78, 5) is 0. The van der Waals surface area contributed by atoms with Gasteiger partial charge in [0, 0.05) is 7.11 Å². The number of fused-ring (bicyclic) bond motifs is 1. The van der Waals surface area contributed by atoms with Crippen LogP contribution in [0.25, 0.3) is 0 Å². The van der Waals surface area contributed by atoms with E-state index in [4.69, 9.17) is 9.84 Å². The zero-order valence-electron chi connectivity index (χ0n) is 20.3. The smallest absolute Gasteiger partial charge is 0.126 e. The van der Waals surface area contributed by atoms with E-state index in [2.05, 4.69) is 76.8 Å². The number of aliphatic hydroxyl groups excluding tert-OH is 1. The lowest BCUT2D eigenvalue weighted by Gasteiger charge is -2.27. The molecule has 1 unspecified atom stereocenters. The number of hydrogen-bond acceptors (Lipinski definition) is 3. The van der Waals surface area contributed by atoms with Crippen molar-refractivity contribution in [2.24, 2.45) is 5.73 Å². The molecule has 3 nitrogen and oxygen atoms in total. The van der Waals surface area contributed by atoms with Gasteiger partial charge >= 0.3 is 0 Å². The van der Waals surface area contributed by atoms with Gasteiger partial charge in [-0.25, -0.2) is 0 Å². The summed E-state index contributed by atoms with van der Waals surface area (Å²) in [6.07, 6.45) is 5.15. The molecule has 0 aromatic heterocycles. The minimum Gasteiger partial charge on any atom is -0.490 e. The second-order valence-corrected chi connectivity index (χ2v) is 6.65. The second kappa shape index (κ2) is 18.2. The van der Waals surface area contributed by atoms with Gasteiger partial charge in [0.15, 0.2) is 0 Å². The van der Waals surface area contributed by atoms with Crippen LogP contribution in [0, 0.1) is 20.8 Å². The predicted octanol–water partition coefficient (Wildman–Crippen LogP) is 6.17. The topological polar surface area (TPSA) is 55.5 Å². The van der Waals surface area contributed by atoms with Crippen LogP contribution >= 0.6 is 0 Å². The van der Waals surface area contributed by atoms with E-state index in [1.54, 1.807) is 0 Å². The van der Waals surface area contributed by atoms with Gasteiger partial charge in [0.25, 0.3) is 0 Å². The summed E-state index contributed by atoms with van der Waals surface area (Å²) >= 11 is 0. The molecule has 0 saturated heterocycles. The SMILES string of the molecule is CC.CCCc1ccccc1.CN.CO.Cc1cc(C)c2c(c1C)OC(C)CC2. The number of benzene rings is 2. The van der Waals surface area contributed by atoms with Crippen molar-refractivity contribution in [3.8, 4) is 5.75 Å². The zero-order chi connectivity index (χ0) is 22.8. The molecule has 2 aromatic carbocycles. The molecule has 3 rings (SSSR count). The highest BCUT2D eigenvalue weighted by Crippen LogP contribution is 2.35. The predicted molar refractivity (Wildman–Crippen MR) is 129 cm³/mol. The number of hydrogen-bond donors (Lipinski definition) is 2. The fourth-order valence-electron chi connectivity index (χ4n) is 3.12. The quantitative estimate of drug-likeness (QED) is 0.630. The van der Waals surface area contributed by atoms with Gasteiger partial charge in [0.2, 0.25) is 0 Å². The highest BCUT2D eigenvalue weighted by Gasteiger charge is 2.20. The van der Waals surface area contributed by atoms with Gasteiger partial charge in [-0.1, -0.05) is 63.6 Å². The summed E-state index contributed by atoms with van der Waals surface area (Å²) < 4.78 is 5.92. The summed E-state index contributed by atoms with van der Waals surface area (Å²) in [6, 6.07) is 12.8. The zero-order valence-corrected chi connectivity index (χ0v) is 20.3. The Morgan fingerprint density at radius 1 is 1.00 bits per heavy atom. The van der Waals surface area contributed by atoms with E-state index in [1.807, 2.05) is 13.8 Å². The van der Waals surface area contributed by atoms with E-state index in [0.717, 1.165) is 19.3 Å². The number of rotatable bonds is 2. The van der Waals surface area contributed by atoms with Crippen LogP contribution in [-0.2, 0) is 12.8 Å². The Morgan fingerprint density at radius 2 is 1.55 bits per heavy atom. The molecule has 0 fully saturated rings. The van der Waals surface area contributed by atoms with Gasteiger partial charge < -0.3 is 15.6 Å². The fourth-order valence-corrected chi connectivity index (χ4v) is 3.12. The summed E-state index contributed by atoms with van der Waals surface area (Å²) in [5.41, 5.74) is 11.4. The highest BCUT2D eigenvalue weighted by atomic mass is 16.5. The molecule has 1 aliphatic rings. The fraction of sp³-hybridized carbons (Fsp3) is 0.538. The van der Waals surface area contributed by atoms with Crippen LogP contribution in [0.5, 0.6) is 5.75 Å². The molecule has 1 atom stereocenters. The van der Waals surface area contributed by atoms with Gasteiger partial charge in [-0.15, -0.1) is 0 Å². The van der Waals surface area contributed by atoms with Crippen molar-refractivity contribution in [3.05, 3.63) is 64.2 Å². The molecule has 1 aliphatic heterocycles. The van der Waals surface area contributed by atoms with E-state index >= 15 is 0 Å². The molecule has 29 heavy (non-hydrogen) atoms. The van der Waals surface area contributed by atoms with Gasteiger partial charge in [-0.05, 0) is 81.8 Å². The third-order valence-corrected chi connectivity index (χ3v) is 4.62. The molecule has 0 bridgehead atoms. The Morgan fingerprint density at radius 3 is 2.07 bits per heavy atom. The average Bonchev–Trinajstić information content (AvgIpc) is 2.78. The second-order valence-electron chi connectivity index (χ2n) is 6.65. The molecule has 0 radical (unpaired) electrons. The van der Waals surface area contributed by atoms with Crippen LogP contribution in [0.3, 0.4) is 0 Å². The van der Waals surface area contributed by atoms with E-state index in [-0.39, 0.29) is 0 Å². The van der Waals surface area contributed by atoms with Crippen LogP contribution in [0.2, 0.25) is 0 Å². The molecule has 0 aliphatic carbocycles. The number of aliphatic hydroxyl groups is 1. The number of nitrogens with two attached hydrogens (primary N) is 1. The molecule has 0 amide bonds. The first kappa shape index (κ1) is 29.4. The molecule has 3 N–H and O–H groups in total. The molecule has 0 spiro atoms. The standard InChI is InChI=1S/C13H18O.C9H12.C2H6.CH5N.CH4O/c1-8-7-9(2)12-6-5-10(3)14-13(12)11(8)4;1-2-6-9-7-4-3-5-8-9;3*1-2/h7,10H,5-6H2,1-4H3;3-5,7-8H,2,6H2,1H3;1-2H3;2H2,1H3;2H,1H3. The summed E-state index contributed by atoms with van der Waals surface area (Å²) in [6.45, 7) is 14.9. The third-order valence-electron chi connectivity index (χ3n) is 4.62. The minimum absolute atomic E-state index is 0.377. The lowest BCUT2D eigenvalue weighted by Crippen LogP contribution is -2.20. The van der Waals surface area contributed by atoms with Crippen LogP contribution in [-0.4, -0.2) is 25.4 Å². The Bertz CT molecular complexity index is 639. The Kier molecular flexibility index (Phi) is 18.4. The van der Waals surface area contributed by atoms with Crippen molar-refractivity contribution >= 4 is 0 Å². The summed E-state index contributed by atoms with van der Waals surface area (Å²) in [7, 11) is 2.50. The lowest BCUT2D eigenvalue weighted by atomic mass is 9.93. The number of ether oxygens (including phenoxy) is 1. The molecule has 2 aromatic rings. The number of aryl methyl sites for hydroxylation is 3. The first-order chi connectivity index (χ1) is 14.0. The highest BCUT2D eigenvalue weighted by molar-refractivity contribution is 5.50. The first-order valence-corrected chi connectivity index (χ1v) is 10.9. The van der Waals surface area contributed by atoms with Crippen LogP contribution < -0.4 is 10.5 Å². The van der Waals surface area contributed by atoms with E-state index in [1.165, 1.54) is 54.1 Å². The van der Waals surface area contributed by atoms with Crippen molar-refractivity contribution in [2.45, 2.75) is 80.3 Å². The van der Waals surface area contributed by atoms with Crippen LogP contribution in [0.15, 0.2) is 36.4 Å². The van der Waals surface area contributed by atoms with E-state index in [0.29, 0.717) is 6.10 Å². The maximum absolute atomic E-state index is 7.00. The Hall–Kier alpha value is -1.84. The van der Waals surface area contributed by atoms with E-state index in [9.17, 15) is 0 Å². The van der Waals surface area contributed by atoms with Gasteiger partial charge in [-0.3, -0.25) is 0 Å². The Labute approximate surface area is 180 Å². The summed E-state index contributed by atoms with van der Waals surface area (Å²) in [5, 5.41) is 7.00. The minimum atomic E-state index is 0.377. The van der Waals surface area contributed by atoms with Crippen molar-refractivity contribution in [2.75, 3.05) is 14.2 Å². The molecule has 0 saturated carbocycles. The maximum atomic E-state index is 7.00. The van der Waals surface area contributed by atoms with Gasteiger partial charge in [-0.2, -0.15) is 0 Å². The molecule has 3 heteroatoms. The normalized spacial score (nSPS) is 13.3. The van der Waals surface area contributed by atoms with Gasteiger partial charge in [0.05, 0.1) is 6.10 Å². The lowest BCUT2D eigenvalue weighted by molar-refractivity contribution is 0.190. The van der Waals surface area contributed by atoms with Crippen LogP contribution in [0.1, 0.15) is 68.4 Å². The Balaban J connectivity index is 0. The molecule has 166 valence electrons.